The van der Waals surface area contributed by atoms with Gasteiger partial charge in [0.15, 0.2) is 0 Å². The van der Waals surface area contributed by atoms with Crippen molar-refractivity contribution in [3.63, 3.8) is 0 Å². The monoisotopic (exact) mass is 298 g/mol. The van der Waals surface area contributed by atoms with Crippen LogP contribution in [-0.2, 0) is 12.8 Å². The highest BCUT2D eigenvalue weighted by atomic mass is 35.5. The zero-order valence-electron chi connectivity index (χ0n) is 10.7. The van der Waals surface area contributed by atoms with E-state index in [2.05, 4.69) is 9.97 Å². The fourth-order valence-corrected chi connectivity index (χ4v) is 2.53. The highest BCUT2D eigenvalue weighted by Crippen LogP contribution is 2.22. The summed E-state index contributed by atoms with van der Waals surface area (Å²) in [5.41, 5.74) is 2.61. The van der Waals surface area contributed by atoms with Crippen molar-refractivity contribution in [3.05, 3.63) is 56.8 Å². The zero-order chi connectivity index (χ0) is 14.0. The Morgan fingerprint density at radius 2 is 1.95 bits per heavy atom. The highest BCUT2D eigenvalue weighted by molar-refractivity contribution is 6.31. The van der Waals surface area contributed by atoms with Crippen LogP contribution in [0.1, 0.15) is 29.6 Å². The SMILES string of the molecule is CCc1c(C)nc(Cc2ccc(F)cc2Cl)nc1Cl. The molecule has 0 radical (unpaired) electrons. The second-order valence-corrected chi connectivity index (χ2v) is 5.03. The van der Waals surface area contributed by atoms with Crippen molar-refractivity contribution in [2.45, 2.75) is 26.7 Å². The fraction of sp³-hybridized carbons (Fsp3) is 0.286. The van der Waals surface area contributed by atoms with E-state index in [-0.39, 0.29) is 5.82 Å². The molecule has 2 rings (SSSR count). The number of nitrogens with zero attached hydrogens (tertiary/aromatic N) is 2. The number of aromatic nitrogens is 2. The second kappa shape index (κ2) is 5.85. The molecule has 0 aliphatic heterocycles. The van der Waals surface area contributed by atoms with Crippen LogP contribution in [0, 0.1) is 12.7 Å². The molecule has 2 aromatic rings. The lowest BCUT2D eigenvalue weighted by atomic mass is 10.1. The topological polar surface area (TPSA) is 25.8 Å². The molecule has 1 aromatic carbocycles. The van der Waals surface area contributed by atoms with Crippen molar-refractivity contribution in [1.82, 2.24) is 9.97 Å². The van der Waals surface area contributed by atoms with Gasteiger partial charge in [0.2, 0.25) is 0 Å². The average Bonchev–Trinajstić information content (AvgIpc) is 2.32. The van der Waals surface area contributed by atoms with E-state index in [1.165, 1.54) is 12.1 Å². The minimum Gasteiger partial charge on any atom is -0.237 e. The molecule has 2 nitrogen and oxygen atoms in total. The van der Waals surface area contributed by atoms with E-state index in [1.54, 1.807) is 6.07 Å². The summed E-state index contributed by atoms with van der Waals surface area (Å²) in [6.45, 7) is 3.91. The minimum atomic E-state index is -0.356. The molecule has 0 atom stereocenters. The van der Waals surface area contributed by atoms with Crippen molar-refractivity contribution in [3.8, 4) is 0 Å². The van der Waals surface area contributed by atoms with Gasteiger partial charge in [0.05, 0.1) is 0 Å². The van der Waals surface area contributed by atoms with Crippen LogP contribution in [0.15, 0.2) is 18.2 Å². The second-order valence-electron chi connectivity index (χ2n) is 4.26. The lowest BCUT2D eigenvalue weighted by molar-refractivity contribution is 0.627. The molecule has 0 amide bonds. The lowest BCUT2D eigenvalue weighted by Gasteiger charge is -2.08. The van der Waals surface area contributed by atoms with Gasteiger partial charge in [-0.15, -0.1) is 0 Å². The van der Waals surface area contributed by atoms with Crippen LogP contribution >= 0.6 is 23.2 Å². The number of rotatable bonds is 3. The van der Waals surface area contributed by atoms with Crippen molar-refractivity contribution in [1.29, 1.82) is 0 Å². The standard InChI is InChI=1S/C14H13Cl2FN2/c1-3-11-8(2)18-13(19-14(11)16)6-9-4-5-10(17)7-12(9)15/h4-5,7H,3,6H2,1-2H3. The van der Waals surface area contributed by atoms with Crippen molar-refractivity contribution in [2.75, 3.05) is 0 Å². The van der Waals surface area contributed by atoms with Crippen LogP contribution in [0.25, 0.3) is 0 Å². The molecule has 0 spiro atoms. The molecule has 0 fully saturated rings. The number of hydrogen-bond acceptors (Lipinski definition) is 2. The van der Waals surface area contributed by atoms with Crippen molar-refractivity contribution < 1.29 is 4.39 Å². The molecule has 1 aromatic heterocycles. The molecule has 19 heavy (non-hydrogen) atoms. The Bertz CT molecular complexity index is 591. The van der Waals surface area contributed by atoms with Crippen LogP contribution in [0.5, 0.6) is 0 Å². The molecule has 0 unspecified atom stereocenters. The molecule has 0 saturated carbocycles. The normalized spacial score (nSPS) is 10.8. The first-order valence-electron chi connectivity index (χ1n) is 5.97. The van der Waals surface area contributed by atoms with E-state index >= 15 is 0 Å². The van der Waals surface area contributed by atoms with E-state index < -0.39 is 0 Å². The maximum Gasteiger partial charge on any atom is 0.136 e. The Labute approximate surface area is 121 Å². The zero-order valence-corrected chi connectivity index (χ0v) is 12.2. The third-order valence-electron chi connectivity index (χ3n) is 2.93. The average molecular weight is 299 g/mol. The molecular formula is C14H13Cl2FN2. The number of aryl methyl sites for hydroxylation is 1. The van der Waals surface area contributed by atoms with Gasteiger partial charge in [-0.1, -0.05) is 36.2 Å². The van der Waals surface area contributed by atoms with Crippen LogP contribution in [0.2, 0.25) is 10.2 Å². The van der Waals surface area contributed by atoms with Crippen LogP contribution in [0.4, 0.5) is 4.39 Å². The quantitative estimate of drug-likeness (QED) is 0.786. The Kier molecular flexibility index (Phi) is 4.38. The Hall–Kier alpha value is -1.19. The molecular weight excluding hydrogens is 286 g/mol. The molecule has 100 valence electrons. The van der Waals surface area contributed by atoms with E-state index in [1.807, 2.05) is 13.8 Å². The first kappa shape index (κ1) is 14.2. The molecule has 0 bridgehead atoms. The smallest absolute Gasteiger partial charge is 0.136 e. The summed E-state index contributed by atoms with van der Waals surface area (Å²) >= 11 is 12.1. The molecule has 0 aliphatic rings. The molecule has 0 aliphatic carbocycles. The predicted molar refractivity (Wildman–Crippen MR) is 75.4 cm³/mol. The van der Waals surface area contributed by atoms with E-state index in [0.29, 0.717) is 22.4 Å². The summed E-state index contributed by atoms with van der Waals surface area (Å²) in [4.78, 5) is 8.68. The number of benzene rings is 1. The molecule has 1 heterocycles. The van der Waals surface area contributed by atoms with Gasteiger partial charge in [0.25, 0.3) is 0 Å². The maximum absolute atomic E-state index is 13.0. The number of hydrogen-bond donors (Lipinski definition) is 0. The van der Waals surface area contributed by atoms with Gasteiger partial charge in [-0.2, -0.15) is 0 Å². The molecule has 0 saturated heterocycles. The largest absolute Gasteiger partial charge is 0.237 e. The van der Waals surface area contributed by atoms with Gasteiger partial charge >= 0.3 is 0 Å². The van der Waals surface area contributed by atoms with Crippen LogP contribution in [0.3, 0.4) is 0 Å². The Morgan fingerprint density at radius 1 is 1.21 bits per heavy atom. The molecule has 0 N–H and O–H groups in total. The van der Waals surface area contributed by atoms with E-state index in [9.17, 15) is 4.39 Å². The van der Waals surface area contributed by atoms with Crippen LogP contribution < -0.4 is 0 Å². The lowest BCUT2D eigenvalue weighted by Crippen LogP contribution is -2.03. The van der Waals surface area contributed by atoms with Gasteiger partial charge in [-0.25, -0.2) is 14.4 Å². The van der Waals surface area contributed by atoms with Crippen LogP contribution in [-0.4, -0.2) is 9.97 Å². The van der Waals surface area contributed by atoms with Gasteiger partial charge in [0.1, 0.15) is 16.8 Å². The summed E-state index contributed by atoms with van der Waals surface area (Å²) < 4.78 is 13.0. The third kappa shape index (κ3) is 3.23. The summed E-state index contributed by atoms with van der Waals surface area (Å²) in [6.07, 6.45) is 1.23. The summed E-state index contributed by atoms with van der Waals surface area (Å²) in [5.74, 6) is 0.235. The van der Waals surface area contributed by atoms with Gasteiger partial charge < -0.3 is 0 Å². The van der Waals surface area contributed by atoms with E-state index in [4.69, 9.17) is 23.2 Å². The number of halogens is 3. The summed E-state index contributed by atoms with van der Waals surface area (Å²) in [6, 6.07) is 4.29. The summed E-state index contributed by atoms with van der Waals surface area (Å²) in [5, 5.41) is 0.847. The predicted octanol–water partition coefficient (Wildman–Crippen LogP) is 4.38. The van der Waals surface area contributed by atoms with Gasteiger partial charge in [-0.05, 0) is 31.0 Å². The van der Waals surface area contributed by atoms with Gasteiger partial charge in [-0.3, -0.25) is 0 Å². The van der Waals surface area contributed by atoms with E-state index in [0.717, 1.165) is 23.2 Å². The van der Waals surface area contributed by atoms with Gasteiger partial charge in [0, 0.05) is 22.7 Å². The summed E-state index contributed by atoms with van der Waals surface area (Å²) in [7, 11) is 0. The first-order chi connectivity index (χ1) is 9.01. The van der Waals surface area contributed by atoms with Crippen molar-refractivity contribution >= 4 is 23.2 Å². The Balaban J connectivity index is 2.33. The minimum absolute atomic E-state index is 0.356. The first-order valence-corrected chi connectivity index (χ1v) is 6.72. The maximum atomic E-state index is 13.0. The molecule has 5 heteroatoms. The Morgan fingerprint density at radius 3 is 2.53 bits per heavy atom. The fourth-order valence-electron chi connectivity index (χ4n) is 1.93. The van der Waals surface area contributed by atoms with Crippen molar-refractivity contribution in [2.24, 2.45) is 0 Å². The highest BCUT2D eigenvalue weighted by Gasteiger charge is 2.10. The third-order valence-corrected chi connectivity index (χ3v) is 3.59.